The smallest absolute Gasteiger partial charge is 0.399 e. The van der Waals surface area contributed by atoms with E-state index in [0.29, 0.717) is 37.3 Å². The molecule has 192 valence electrons. The lowest BCUT2D eigenvalue weighted by atomic mass is 10.0. The zero-order chi connectivity index (χ0) is 25.8. The van der Waals surface area contributed by atoms with E-state index < -0.39 is 0 Å². The van der Waals surface area contributed by atoms with E-state index in [1.54, 1.807) is 17.3 Å². The largest absolute Gasteiger partial charge is 0.416 e. The first-order valence-corrected chi connectivity index (χ1v) is 14.0. The molecule has 1 saturated heterocycles. The molecule has 1 amide bonds. The van der Waals surface area contributed by atoms with Crippen molar-refractivity contribution >= 4 is 50.1 Å². The van der Waals surface area contributed by atoms with Crippen LogP contribution in [0.15, 0.2) is 64.7 Å². The number of halogens is 1. The fourth-order valence-corrected chi connectivity index (χ4v) is 5.66. The van der Waals surface area contributed by atoms with E-state index in [1.807, 2.05) is 18.2 Å². The Hall–Kier alpha value is -3.01. The monoisotopic (exact) mass is 580 g/mol. The molecule has 1 fully saturated rings. The van der Waals surface area contributed by atoms with Crippen molar-refractivity contribution in [3.8, 4) is 16.2 Å². The van der Waals surface area contributed by atoms with Gasteiger partial charge in [-0.05, 0) is 68.9 Å². The molecule has 2 aromatic heterocycles. The standard InChI is InChI=1S/C28H29BrN4O3S/c1-19(2)16-33(28(34)36-26-9-8-25(29)37-26)17-20-4-3-5-21(14-20)22-6-7-24-23(15-22)27(31-18-30-24)32-10-12-35-13-11-32/h3-9,14-15,18-19H,10-13,16-17H2,1-2H3. The van der Waals surface area contributed by atoms with E-state index in [9.17, 15) is 4.79 Å². The number of amides is 1. The van der Waals surface area contributed by atoms with Crippen LogP contribution in [0.2, 0.25) is 0 Å². The third-order valence-electron chi connectivity index (χ3n) is 6.14. The molecule has 1 aliphatic rings. The molecule has 7 nitrogen and oxygen atoms in total. The number of ether oxygens (including phenoxy) is 2. The van der Waals surface area contributed by atoms with E-state index in [0.717, 1.165) is 50.3 Å². The van der Waals surface area contributed by atoms with E-state index in [-0.39, 0.29) is 6.09 Å². The number of aromatic nitrogens is 2. The van der Waals surface area contributed by atoms with Gasteiger partial charge in [-0.25, -0.2) is 14.8 Å². The van der Waals surface area contributed by atoms with Crippen LogP contribution in [0.5, 0.6) is 5.06 Å². The zero-order valence-electron chi connectivity index (χ0n) is 20.9. The van der Waals surface area contributed by atoms with Crippen LogP contribution in [-0.2, 0) is 11.3 Å². The highest BCUT2D eigenvalue weighted by atomic mass is 79.9. The Morgan fingerprint density at radius 1 is 1.11 bits per heavy atom. The highest BCUT2D eigenvalue weighted by molar-refractivity contribution is 9.11. The Morgan fingerprint density at radius 2 is 1.92 bits per heavy atom. The van der Waals surface area contributed by atoms with Crippen LogP contribution in [0.25, 0.3) is 22.0 Å². The number of anilines is 1. The average molecular weight is 582 g/mol. The molecule has 0 unspecified atom stereocenters. The van der Waals surface area contributed by atoms with E-state index in [4.69, 9.17) is 9.47 Å². The molecule has 3 heterocycles. The highest BCUT2D eigenvalue weighted by Crippen LogP contribution is 2.31. The van der Waals surface area contributed by atoms with E-state index >= 15 is 0 Å². The van der Waals surface area contributed by atoms with Crippen molar-refractivity contribution in [3.63, 3.8) is 0 Å². The maximum absolute atomic E-state index is 13.0. The van der Waals surface area contributed by atoms with Crippen LogP contribution in [0.4, 0.5) is 10.6 Å². The van der Waals surface area contributed by atoms with Gasteiger partial charge in [0.15, 0.2) is 5.06 Å². The minimum absolute atomic E-state index is 0.310. The highest BCUT2D eigenvalue weighted by Gasteiger charge is 2.20. The maximum Gasteiger partial charge on any atom is 0.416 e. The molecule has 9 heteroatoms. The van der Waals surface area contributed by atoms with Gasteiger partial charge in [0.2, 0.25) is 0 Å². The molecule has 0 spiro atoms. The van der Waals surface area contributed by atoms with Crippen LogP contribution >= 0.6 is 27.3 Å². The number of fused-ring (bicyclic) bond motifs is 1. The Morgan fingerprint density at radius 3 is 2.68 bits per heavy atom. The van der Waals surface area contributed by atoms with Crippen LogP contribution < -0.4 is 9.64 Å². The molecule has 0 N–H and O–H groups in total. The molecule has 0 saturated carbocycles. The number of benzene rings is 2. The lowest BCUT2D eigenvalue weighted by Gasteiger charge is -2.28. The molecule has 37 heavy (non-hydrogen) atoms. The number of hydrogen-bond donors (Lipinski definition) is 0. The number of carbonyl (C=O) groups excluding carboxylic acids is 1. The number of rotatable bonds is 7. The molecule has 2 aromatic carbocycles. The summed E-state index contributed by atoms with van der Waals surface area (Å²) in [6, 6.07) is 18.3. The van der Waals surface area contributed by atoms with Crippen molar-refractivity contribution in [1.29, 1.82) is 0 Å². The first-order valence-electron chi connectivity index (χ1n) is 12.3. The molecule has 5 rings (SSSR count). The van der Waals surface area contributed by atoms with Gasteiger partial charge in [0.05, 0.1) is 22.5 Å². The summed E-state index contributed by atoms with van der Waals surface area (Å²) < 4.78 is 12.1. The van der Waals surface area contributed by atoms with Crippen molar-refractivity contribution in [2.24, 2.45) is 5.92 Å². The first-order chi connectivity index (χ1) is 18.0. The molecular formula is C28H29BrN4O3S. The third-order valence-corrected chi connectivity index (χ3v) is 7.64. The summed E-state index contributed by atoms with van der Waals surface area (Å²) in [4.78, 5) is 26.1. The summed E-state index contributed by atoms with van der Waals surface area (Å²) in [5.41, 5.74) is 4.12. The number of thiophene rings is 1. The summed E-state index contributed by atoms with van der Waals surface area (Å²) >= 11 is 4.82. The van der Waals surface area contributed by atoms with Crippen LogP contribution in [0.1, 0.15) is 19.4 Å². The Bertz CT molecular complexity index is 1390. The van der Waals surface area contributed by atoms with Crippen LogP contribution in [-0.4, -0.2) is 53.8 Å². The van der Waals surface area contributed by atoms with Gasteiger partial charge >= 0.3 is 6.09 Å². The summed E-state index contributed by atoms with van der Waals surface area (Å²) in [5.74, 6) is 1.25. The van der Waals surface area contributed by atoms with Gasteiger partial charge in [-0.15, -0.1) is 0 Å². The van der Waals surface area contributed by atoms with Gasteiger partial charge in [-0.1, -0.05) is 49.4 Å². The predicted octanol–water partition coefficient (Wildman–Crippen LogP) is 6.61. The van der Waals surface area contributed by atoms with E-state index in [2.05, 4.69) is 75.0 Å². The molecular weight excluding hydrogens is 552 g/mol. The van der Waals surface area contributed by atoms with E-state index in [1.165, 1.54) is 11.3 Å². The normalized spacial score (nSPS) is 13.8. The van der Waals surface area contributed by atoms with Crippen molar-refractivity contribution in [2.45, 2.75) is 20.4 Å². The van der Waals surface area contributed by atoms with Gasteiger partial charge in [0.25, 0.3) is 0 Å². The first kappa shape index (κ1) is 25.6. The second-order valence-corrected chi connectivity index (χ2v) is 11.9. The third kappa shape index (κ3) is 6.29. The topological polar surface area (TPSA) is 67.8 Å². The van der Waals surface area contributed by atoms with Crippen LogP contribution in [0.3, 0.4) is 0 Å². The van der Waals surface area contributed by atoms with Gasteiger partial charge in [-0.2, -0.15) is 0 Å². The second kappa shape index (κ2) is 11.6. The number of nitrogens with zero attached hydrogens (tertiary/aromatic N) is 4. The van der Waals surface area contributed by atoms with Gasteiger partial charge < -0.3 is 19.3 Å². The molecule has 4 aromatic rings. The number of hydrogen-bond acceptors (Lipinski definition) is 7. The molecule has 1 aliphatic heterocycles. The second-order valence-electron chi connectivity index (χ2n) is 9.43. The molecule has 0 aliphatic carbocycles. The van der Waals surface area contributed by atoms with Crippen molar-refractivity contribution in [2.75, 3.05) is 37.7 Å². The SMILES string of the molecule is CC(C)CN(Cc1cccc(-c2ccc3ncnc(N4CCOCC4)c3c2)c1)C(=O)Oc1ccc(Br)s1. The van der Waals surface area contributed by atoms with Crippen molar-refractivity contribution in [1.82, 2.24) is 14.9 Å². The molecule has 0 bridgehead atoms. The van der Waals surface area contributed by atoms with Crippen LogP contribution in [0, 0.1) is 5.92 Å². The molecule has 0 radical (unpaired) electrons. The Balaban J connectivity index is 1.40. The lowest BCUT2D eigenvalue weighted by molar-refractivity contribution is 0.122. The lowest BCUT2D eigenvalue weighted by Crippen LogP contribution is -2.36. The maximum atomic E-state index is 13.0. The summed E-state index contributed by atoms with van der Waals surface area (Å²) in [7, 11) is 0. The Labute approximate surface area is 229 Å². The van der Waals surface area contributed by atoms with Crippen molar-refractivity contribution < 1.29 is 14.3 Å². The number of morpholine rings is 1. The fourth-order valence-electron chi connectivity index (χ4n) is 4.47. The summed E-state index contributed by atoms with van der Waals surface area (Å²) in [6.07, 6.45) is 1.29. The summed E-state index contributed by atoms with van der Waals surface area (Å²) in [6.45, 7) is 8.30. The average Bonchev–Trinajstić information content (AvgIpc) is 3.32. The number of carbonyl (C=O) groups is 1. The Kier molecular flexibility index (Phi) is 8.02. The minimum Gasteiger partial charge on any atom is -0.399 e. The minimum atomic E-state index is -0.341. The predicted molar refractivity (Wildman–Crippen MR) is 151 cm³/mol. The van der Waals surface area contributed by atoms with Gasteiger partial charge in [0.1, 0.15) is 12.1 Å². The summed E-state index contributed by atoms with van der Waals surface area (Å²) in [5, 5.41) is 1.60. The zero-order valence-corrected chi connectivity index (χ0v) is 23.3. The quantitative estimate of drug-likeness (QED) is 0.245. The molecule has 0 atom stereocenters. The van der Waals surface area contributed by atoms with Gasteiger partial charge in [-0.3, -0.25) is 0 Å². The van der Waals surface area contributed by atoms with Crippen molar-refractivity contribution in [3.05, 3.63) is 70.3 Å². The van der Waals surface area contributed by atoms with Gasteiger partial charge in [0, 0.05) is 31.6 Å². The fraction of sp³-hybridized carbons (Fsp3) is 0.321.